The van der Waals surface area contributed by atoms with Crippen LogP contribution < -0.4 is 14.8 Å². The lowest BCUT2D eigenvalue weighted by atomic mass is 9.77. The minimum atomic E-state index is -0.531. The molecule has 34 heavy (non-hydrogen) atoms. The number of carbonyl (C=O) groups is 2. The van der Waals surface area contributed by atoms with E-state index in [1.54, 1.807) is 29.2 Å². The molecule has 2 fully saturated rings. The van der Waals surface area contributed by atoms with E-state index in [1.807, 2.05) is 23.1 Å². The van der Waals surface area contributed by atoms with Gasteiger partial charge in [-0.1, -0.05) is 30.5 Å². The molecule has 0 unspecified atom stereocenters. The van der Waals surface area contributed by atoms with Gasteiger partial charge in [0.2, 0.25) is 5.91 Å². The molecule has 2 aromatic rings. The number of amides is 3. The summed E-state index contributed by atoms with van der Waals surface area (Å²) in [6, 6.07) is 12.9. The van der Waals surface area contributed by atoms with E-state index in [1.165, 1.54) is 0 Å². The van der Waals surface area contributed by atoms with Gasteiger partial charge in [-0.15, -0.1) is 0 Å². The van der Waals surface area contributed by atoms with Crippen molar-refractivity contribution in [3.8, 4) is 11.5 Å². The molecule has 1 N–H and O–H groups in total. The summed E-state index contributed by atoms with van der Waals surface area (Å²) in [6.45, 7) is 3.36. The van der Waals surface area contributed by atoms with Gasteiger partial charge < -0.3 is 24.6 Å². The number of urea groups is 1. The monoisotopic (exact) mass is 483 g/mol. The fraction of sp³-hybridized carbons (Fsp3) is 0.462. The highest BCUT2D eigenvalue weighted by Gasteiger charge is 2.45. The second kappa shape index (κ2) is 9.74. The second-order valence-corrected chi connectivity index (χ2v) is 9.65. The summed E-state index contributed by atoms with van der Waals surface area (Å²) in [4.78, 5) is 30.5. The van der Waals surface area contributed by atoms with Gasteiger partial charge in [0.05, 0.1) is 5.41 Å². The van der Waals surface area contributed by atoms with Crippen LogP contribution in [0.15, 0.2) is 42.5 Å². The zero-order chi connectivity index (χ0) is 23.5. The topological polar surface area (TPSA) is 71.1 Å². The minimum Gasteiger partial charge on any atom is -0.486 e. The highest BCUT2D eigenvalue weighted by Crippen LogP contribution is 2.45. The van der Waals surface area contributed by atoms with Crippen molar-refractivity contribution in [3.63, 3.8) is 0 Å². The lowest BCUT2D eigenvalue weighted by molar-refractivity contribution is -0.137. The average Bonchev–Trinajstić information content (AvgIpc) is 3.23. The lowest BCUT2D eigenvalue weighted by Crippen LogP contribution is -2.47. The van der Waals surface area contributed by atoms with Crippen molar-refractivity contribution in [2.45, 2.75) is 37.5 Å². The van der Waals surface area contributed by atoms with Gasteiger partial charge >= 0.3 is 6.03 Å². The third kappa shape index (κ3) is 4.53. The van der Waals surface area contributed by atoms with Crippen molar-refractivity contribution in [3.05, 3.63) is 53.1 Å². The number of hydrogen-bond donors (Lipinski definition) is 1. The smallest absolute Gasteiger partial charge is 0.321 e. The Hall–Kier alpha value is -2.93. The Kier molecular flexibility index (Phi) is 6.55. The fourth-order valence-electron chi connectivity index (χ4n) is 5.31. The Labute approximate surface area is 205 Å². The summed E-state index contributed by atoms with van der Waals surface area (Å²) in [5.74, 6) is 1.64. The summed E-state index contributed by atoms with van der Waals surface area (Å²) in [6.07, 6.45) is 4.48. The Balaban J connectivity index is 1.29. The Morgan fingerprint density at radius 3 is 2.26 bits per heavy atom. The van der Waals surface area contributed by atoms with Gasteiger partial charge in [0.15, 0.2) is 11.5 Å². The number of anilines is 1. The average molecular weight is 484 g/mol. The van der Waals surface area contributed by atoms with Crippen LogP contribution in [-0.2, 0) is 10.2 Å². The Bertz CT molecular complexity index is 1050. The minimum absolute atomic E-state index is 0.154. The van der Waals surface area contributed by atoms with Crippen molar-refractivity contribution in [1.29, 1.82) is 0 Å². The number of carbonyl (C=O) groups excluding carboxylic acids is 2. The van der Waals surface area contributed by atoms with Crippen LogP contribution in [0.3, 0.4) is 0 Å². The highest BCUT2D eigenvalue weighted by molar-refractivity contribution is 6.30. The molecule has 0 aromatic heterocycles. The predicted molar refractivity (Wildman–Crippen MR) is 131 cm³/mol. The van der Waals surface area contributed by atoms with Crippen LogP contribution in [-0.4, -0.2) is 61.1 Å². The maximum absolute atomic E-state index is 14.0. The molecule has 0 spiro atoms. The number of ether oxygens (including phenoxy) is 2. The zero-order valence-electron chi connectivity index (χ0n) is 19.2. The van der Waals surface area contributed by atoms with Gasteiger partial charge in [-0.2, -0.15) is 0 Å². The van der Waals surface area contributed by atoms with Crippen LogP contribution in [0.2, 0.25) is 5.02 Å². The molecule has 3 amide bonds. The summed E-state index contributed by atoms with van der Waals surface area (Å²) < 4.78 is 11.5. The highest BCUT2D eigenvalue weighted by atomic mass is 35.5. The summed E-state index contributed by atoms with van der Waals surface area (Å²) >= 11 is 5.93. The molecule has 180 valence electrons. The predicted octanol–water partition coefficient (Wildman–Crippen LogP) is 4.69. The summed E-state index contributed by atoms with van der Waals surface area (Å²) in [5, 5.41) is 3.55. The molecule has 2 heterocycles. The molecule has 8 heteroatoms. The molecule has 1 saturated carbocycles. The van der Waals surface area contributed by atoms with Crippen molar-refractivity contribution < 1.29 is 19.1 Å². The first-order chi connectivity index (χ1) is 16.5. The normalized spacial score (nSPS) is 19.4. The lowest BCUT2D eigenvalue weighted by Gasteiger charge is -2.35. The van der Waals surface area contributed by atoms with Crippen LogP contribution in [0.25, 0.3) is 0 Å². The third-order valence-corrected chi connectivity index (χ3v) is 7.38. The van der Waals surface area contributed by atoms with Crippen LogP contribution >= 0.6 is 11.6 Å². The molecule has 0 bridgehead atoms. The van der Waals surface area contributed by atoms with E-state index in [9.17, 15) is 9.59 Å². The molecule has 0 atom stereocenters. The molecule has 3 aliphatic rings. The van der Waals surface area contributed by atoms with Crippen molar-refractivity contribution in [1.82, 2.24) is 9.80 Å². The maximum atomic E-state index is 14.0. The van der Waals surface area contributed by atoms with Crippen LogP contribution in [0.1, 0.15) is 37.7 Å². The van der Waals surface area contributed by atoms with E-state index in [0.29, 0.717) is 50.1 Å². The fourth-order valence-corrected chi connectivity index (χ4v) is 5.43. The Morgan fingerprint density at radius 2 is 1.50 bits per heavy atom. The number of nitrogens with zero attached hydrogens (tertiary/aromatic N) is 2. The number of halogens is 1. The first kappa shape index (κ1) is 22.8. The molecule has 2 aromatic carbocycles. The third-order valence-electron chi connectivity index (χ3n) is 7.13. The van der Waals surface area contributed by atoms with Crippen LogP contribution in [0.4, 0.5) is 10.5 Å². The molecular formula is C26H30ClN3O4. The van der Waals surface area contributed by atoms with E-state index in [2.05, 4.69) is 5.32 Å². The standard InChI is InChI=1S/C26H30ClN3O4/c27-20-5-7-21(8-6-20)28-25(32)30-13-3-12-29(14-15-30)24(31)26(10-1-2-11-26)19-4-9-22-23(18-19)34-17-16-33-22/h4-9,18H,1-3,10-17H2,(H,28,32). The maximum Gasteiger partial charge on any atom is 0.321 e. The van der Waals surface area contributed by atoms with Gasteiger partial charge in [-0.05, 0) is 61.2 Å². The number of benzene rings is 2. The van der Waals surface area contributed by atoms with Gasteiger partial charge in [-0.25, -0.2) is 4.79 Å². The Morgan fingerprint density at radius 1 is 0.824 bits per heavy atom. The second-order valence-electron chi connectivity index (χ2n) is 9.22. The molecule has 7 nitrogen and oxygen atoms in total. The largest absolute Gasteiger partial charge is 0.486 e. The van der Waals surface area contributed by atoms with E-state index < -0.39 is 5.41 Å². The van der Waals surface area contributed by atoms with Gasteiger partial charge in [0, 0.05) is 36.9 Å². The molecule has 2 aliphatic heterocycles. The van der Waals surface area contributed by atoms with E-state index in [0.717, 1.165) is 49.2 Å². The molecule has 1 saturated heterocycles. The number of rotatable bonds is 3. The van der Waals surface area contributed by atoms with E-state index in [4.69, 9.17) is 21.1 Å². The molecular weight excluding hydrogens is 454 g/mol. The first-order valence-corrected chi connectivity index (χ1v) is 12.4. The first-order valence-electron chi connectivity index (χ1n) is 12.1. The molecule has 5 rings (SSSR count). The van der Waals surface area contributed by atoms with Gasteiger partial charge in [0.25, 0.3) is 0 Å². The van der Waals surface area contributed by atoms with Gasteiger partial charge in [0.1, 0.15) is 13.2 Å². The van der Waals surface area contributed by atoms with Crippen molar-refractivity contribution in [2.24, 2.45) is 0 Å². The van der Waals surface area contributed by atoms with Crippen molar-refractivity contribution in [2.75, 3.05) is 44.7 Å². The number of nitrogens with one attached hydrogen (secondary N) is 1. The van der Waals surface area contributed by atoms with Crippen molar-refractivity contribution >= 4 is 29.2 Å². The number of hydrogen-bond acceptors (Lipinski definition) is 4. The SMILES string of the molecule is O=C(Nc1ccc(Cl)cc1)N1CCCN(C(=O)C2(c3ccc4c(c3)OCCO4)CCCC2)CC1. The molecule has 1 aliphatic carbocycles. The van der Waals surface area contributed by atoms with E-state index in [-0.39, 0.29) is 11.9 Å². The van der Waals surface area contributed by atoms with E-state index >= 15 is 0 Å². The van der Waals surface area contributed by atoms with Crippen LogP contribution in [0.5, 0.6) is 11.5 Å². The number of fused-ring (bicyclic) bond motifs is 1. The quantitative estimate of drug-likeness (QED) is 0.687. The zero-order valence-corrected chi connectivity index (χ0v) is 20.0. The molecule has 0 radical (unpaired) electrons. The summed E-state index contributed by atoms with van der Waals surface area (Å²) in [7, 11) is 0. The summed E-state index contributed by atoms with van der Waals surface area (Å²) in [5.41, 5.74) is 1.19. The van der Waals surface area contributed by atoms with Crippen LogP contribution in [0, 0.1) is 0 Å². The van der Waals surface area contributed by atoms with Gasteiger partial charge in [-0.3, -0.25) is 4.79 Å².